The van der Waals surface area contributed by atoms with Crippen LogP contribution < -0.4 is 16.0 Å². The molecule has 4 nitrogen and oxygen atoms in total. The van der Waals surface area contributed by atoms with Crippen molar-refractivity contribution in [3.05, 3.63) is 88.9 Å². The zero-order valence-electron chi connectivity index (χ0n) is 14.2. The van der Waals surface area contributed by atoms with E-state index in [0.717, 1.165) is 28.0 Å². The van der Waals surface area contributed by atoms with Crippen molar-refractivity contribution in [1.82, 2.24) is 5.32 Å². The summed E-state index contributed by atoms with van der Waals surface area (Å²) in [5, 5.41) is 9.02. The molecule has 5 heteroatoms. The van der Waals surface area contributed by atoms with Crippen LogP contribution in [0.15, 0.2) is 83.3 Å². The van der Waals surface area contributed by atoms with Crippen LogP contribution in [0.2, 0.25) is 0 Å². The molecule has 132 valence electrons. The summed E-state index contributed by atoms with van der Waals surface area (Å²) < 4.78 is 1.05. The molecule has 0 spiro atoms. The van der Waals surface area contributed by atoms with Gasteiger partial charge >= 0.3 is 6.03 Å². The van der Waals surface area contributed by atoms with Gasteiger partial charge in [0.15, 0.2) is 0 Å². The Morgan fingerprint density at radius 2 is 1.38 bits per heavy atom. The monoisotopic (exact) mass is 409 g/mol. The van der Waals surface area contributed by atoms with Crippen LogP contribution in [0.5, 0.6) is 0 Å². The number of para-hydroxylation sites is 1. The standard InChI is InChI=1S/C21H20BrN3O/c22-17-8-6-16(7-9-17)14-15-23-21(26)25-20-12-10-19(11-13-20)24-18-4-2-1-3-5-18/h1-13,24H,14-15H2,(H2,23,25,26). The molecule has 0 atom stereocenters. The fourth-order valence-electron chi connectivity index (χ4n) is 2.47. The van der Waals surface area contributed by atoms with Gasteiger partial charge in [-0.25, -0.2) is 4.79 Å². The van der Waals surface area contributed by atoms with Crippen LogP contribution in [-0.2, 0) is 6.42 Å². The predicted octanol–water partition coefficient (Wildman–Crippen LogP) is 5.56. The predicted molar refractivity (Wildman–Crippen MR) is 111 cm³/mol. The second kappa shape index (κ2) is 9.06. The van der Waals surface area contributed by atoms with Gasteiger partial charge in [-0.3, -0.25) is 0 Å². The molecule has 0 radical (unpaired) electrons. The number of carbonyl (C=O) groups is 1. The van der Waals surface area contributed by atoms with Gasteiger partial charge in [-0.05, 0) is 60.5 Å². The summed E-state index contributed by atoms with van der Waals surface area (Å²) in [5.41, 5.74) is 3.94. The lowest BCUT2D eigenvalue weighted by molar-refractivity contribution is 0.252. The van der Waals surface area contributed by atoms with Gasteiger partial charge in [0.1, 0.15) is 0 Å². The second-order valence-corrected chi connectivity index (χ2v) is 6.74. The molecule has 3 rings (SSSR count). The number of amides is 2. The third kappa shape index (κ3) is 5.63. The summed E-state index contributed by atoms with van der Waals surface area (Å²) in [6.07, 6.45) is 0.792. The molecular formula is C21H20BrN3O. The zero-order valence-corrected chi connectivity index (χ0v) is 15.8. The first kappa shape index (κ1) is 18.0. The molecule has 0 aliphatic heterocycles. The number of benzene rings is 3. The number of nitrogens with one attached hydrogen (secondary N) is 3. The minimum absolute atomic E-state index is 0.203. The Morgan fingerprint density at radius 3 is 2.08 bits per heavy atom. The molecule has 3 N–H and O–H groups in total. The third-order valence-corrected chi connectivity index (χ3v) is 4.35. The van der Waals surface area contributed by atoms with E-state index in [-0.39, 0.29) is 6.03 Å². The number of anilines is 3. The van der Waals surface area contributed by atoms with Crippen LogP contribution in [0.1, 0.15) is 5.56 Å². The van der Waals surface area contributed by atoms with Crippen LogP contribution in [0.3, 0.4) is 0 Å². The van der Waals surface area contributed by atoms with Gasteiger partial charge in [-0.1, -0.05) is 46.3 Å². The van der Waals surface area contributed by atoms with Gasteiger partial charge in [0.25, 0.3) is 0 Å². The first-order valence-corrected chi connectivity index (χ1v) is 9.20. The Balaban J connectivity index is 1.44. The van der Waals surface area contributed by atoms with Crippen molar-refractivity contribution < 1.29 is 4.79 Å². The molecule has 0 bridgehead atoms. The Hall–Kier alpha value is -2.79. The van der Waals surface area contributed by atoms with E-state index in [1.165, 1.54) is 5.56 Å². The zero-order chi connectivity index (χ0) is 18.2. The van der Waals surface area contributed by atoms with Gasteiger partial charge in [0.2, 0.25) is 0 Å². The highest BCUT2D eigenvalue weighted by atomic mass is 79.9. The van der Waals surface area contributed by atoms with E-state index in [9.17, 15) is 4.79 Å². The van der Waals surface area contributed by atoms with E-state index >= 15 is 0 Å². The molecule has 3 aromatic rings. The number of halogens is 1. The third-order valence-electron chi connectivity index (χ3n) is 3.82. The maximum Gasteiger partial charge on any atom is 0.319 e. The molecule has 26 heavy (non-hydrogen) atoms. The van der Waals surface area contributed by atoms with Crippen molar-refractivity contribution in [2.45, 2.75) is 6.42 Å². The molecule has 3 aromatic carbocycles. The van der Waals surface area contributed by atoms with Gasteiger partial charge in [0, 0.05) is 28.1 Å². The summed E-state index contributed by atoms with van der Waals surface area (Å²) in [6.45, 7) is 0.584. The number of carbonyl (C=O) groups excluding carboxylic acids is 1. The lowest BCUT2D eigenvalue weighted by atomic mass is 10.1. The molecule has 0 saturated heterocycles. The average molecular weight is 410 g/mol. The fraction of sp³-hybridized carbons (Fsp3) is 0.0952. The maximum absolute atomic E-state index is 12.0. The number of urea groups is 1. The van der Waals surface area contributed by atoms with Crippen molar-refractivity contribution in [3.63, 3.8) is 0 Å². The van der Waals surface area contributed by atoms with E-state index in [1.807, 2.05) is 78.9 Å². The first-order valence-electron chi connectivity index (χ1n) is 8.40. The van der Waals surface area contributed by atoms with Gasteiger partial charge in [-0.2, -0.15) is 0 Å². The first-order chi connectivity index (χ1) is 12.7. The number of rotatable bonds is 6. The minimum atomic E-state index is -0.203. The largest absolute Gasteiger partial charge is 0.356 e. The van der Waals surface area contributed by atoms with E-state index in [0.29, 0.717) is 6.54 Å². The molecule has 0 unspecified atom stereocenters. The smallest absolute Gasteiger partial charge is 0.319 e. The van der Waals surface area contributed by atoms with Crippen molar-refractivity contribution in [1.29, 1.82) is 0 Å². The minimum Gasteiger partial charge on any atom is -0.356 e. The molecule has 0 aliphatic carbocycles. The van der Waals surface area contributed by atoms with Crippen molar-refractivity contribution in [2.24, 2.45) is 0 Å². The summed E-state index contributed by atoms with van der Waals surface area (Å²) >= 11 is 3.41. The molecule has 0 fully saturated rings. The van der Waals surface area contributed by atoms with Crippen LogP contribution in [-0.4, -0.2) is 12.6 Å². The van der Waals surface area contributed by atoms with Crippen LogP contribution in [0, 0.1) is 0 Å². The normalized spacial score (nSPS) is 10.2. The molecule has 0 saturated carbocycles. The number of hydrogen-bond acceptors (Lipinski definition) is 2. The molecule has 0 aromatic heterocycles. The molecule has 0 heterocycles. The van der Waals surface area contributed by atoms with E-state index < -0.39 is 0 Å². The summed E-state index contributed by atoms with van der Waals surface area (Å²) in [6, 6.07) is 25.5. The van der Waals surface area contributed by atoms with Crippen molar-refractivity contribution >= 4 is 39.0 Å². The Morgan fingerprint density at radius 1 is 0.769 bits per heavy atom. The molecule has 2 amide bonds. The van der Waals surface area contributed by atoms with Crippen molar-refractivity contribution in [2.75, 3.05) is 17.2 Å². The highest BCUT2D eigenvalue weighted by molar-refractivity contribution is 9.10. The van der Waals surface area contributed by atoms with Gasteiger partial charge < -0.3 is 16.0 Å². The summed E-state index contributed by atoms with van der Waals surface area (Å²) in [7, 11) is 0. The van der Waals surface area contributed by atoms with Crippen LogP contribution in [0.4, 0.5) is 21.9 Å². The maximum atomic E-state index is 12.0. The quantitative estimate of drug-likeness (QED) is 0.499. The summed E-state index contributed by atoms with van der Waals surface area (Å²) in [4.78, 5) is 12.0. The van der Waals surface area contributed by atoms with Gasteiger partial charge in [0.05, 0.1) is 0 Å². The van der Waals surface area contributed by atoms with Gasteiger partial charge in [-0.15, -0.1) is 0 Å². The highest BCUT2D eigenvalue weighted by Crippen LogP contribution is 2.18. The lowest BCUT2D eigenvalue weighted by Gasteiger charge is -2.10. The summed E-state index contributed by atoms with van der Waals surface area (Å²) in [5.74, 6) is 0. The Labute approximate surface area is 161 Å². The highest BCUT2D eigenvalue weighted by Gasteiger charge is 2.02. The van der Waals surface area contributed by atoms with E-state index in [4.69, 9.17) is 0 Å². The van der Waals surface area contributed by atoms with E-state index in [1.54, 1.807) is 0 Å². The van der Waals surface area contributed by atoms with Crippen LogP contribution >= 0.6 is 15.9 Å². The molecular weight excluding hydrogens is 390 g/mol. The van der Waals surface area contributed by atoms with E-state index in [2.05, 4.69) is 31.9 Å². The topological polar surface area (TPSA) is 53.2 Å². The van der Waals surface area contributed by atoms with Crippen LogP contribution in [0.25, 0.3) is 0 Å². The SMILES string of the molecule is O=C(NCCc1ccc(Br)cc1)Nc1ccc(Nc2ccccc2)cc1. The van der Waals surface area contributed by atoms with Crippen molar-refractivity contribution in [3.8, 4) is 0 Å². The number of hydrogen-bond donors (Lipinski definition) is 3. The second-order valence-electron chi connectivity index (χ2n) is 5.83. The Bertz CT molecular complexity index is 833. The fourth-order valence-corrected chi connectivity index (χ4v) is 2.74. The Kier molecular flexibility index (Phi) is 6.28. The molecule has 0 aliphatic rings. The lowest BCUT2D eigenvalue weighted by Crippen LogP contribution is -2.30. The average Bonchev–Trinajstić information content (AvgIpc) is 2.66.